The van der Waals surface area contributed by atoms with Crippen molar-refractivity contribution in [2.75, 3.05) is 13.2 Å². The van der Waals surface area contributed by atoms with E-state index in [1.54, 1.807) is 0 Å². The second kappa shape index (κ2) is 6.37. The highest BCUT2D eigenvalue weighted by atomic mass is 16.5. The Bertz CT molecular complexity index is 196. The molecular formula is C9H14O4. The van der Waals surface area contributed by atoms with E-state index in [9.17, 15) is 9.59 Å². The van der Waals surface area contributed by atoms with Crippen LogP contribution in [0.3, 0.4) is 0 Å². The largest absolute Gasteiger partial charge is 0.454 e. The molecule has 0 saturated carbocycles. The van der Waals surface area contributed by atoms with Crippen LogP contribution < -0.4 is 0 Å². The van der Waals surface area contributed by atoms with Crippen molar-refractivity contribution in [2.24, 2.45) is 0 Å². The Morgan fingerprint density at radius 1 is 1.38 bits per heavy atom. The van der Waals surface area contributed by atoms with Crippen LogP contribution in [0.15, 0.2) is 12.7 Å². The Balaban J connectivity index is 3.51. The van der Waals surface area contributed by atoms with Gasteiger partial charge in [-0.15, -0.1) is 0 Å². The molecule has 0 bridgehead atoms. The van der Waals surface area contributed by atoms with Gasteiger partial charge in [-0.05, 0) is 13.8 Å². The molecule has 13 heavy (non-hydrogen) atoms. The van der Waals surface area contributed by atoms with Crippen LogP contribution >= 0.6 is 0 Å². The molecule has 0 aliphatic carbocycles. The van der Waals surface area contributed by atoms with Gasteiger partial charge in [0.1, 0.15) is 6.61 Å². The first kappa shape index (κ1) is 11.8. The Kier molecular flexibility index (Phi) is 5.80. The quantitative estimate of drug-likeness (QED) is 0.453. The SMILES string of the molecule is C=CC(=O)OCC(=O)COC(C)C. The fraction of sp³-hybridized carbons (Fsp3) is 0.556. The fourth-order valence-corrected chi connectivity index (χ4v) is 0.512. The number of ether oxygens (including phenoxy) is 2. The molecule has 0 aliphatic rings. The average molecular weight is 186 g/mol. The van der Waals surface area contributed by atoms with Crippen molar-refractivity contribution in [3.63, 3.8) is 0 Å². The molecule has 0 atom stereocenters. The van der Waals surface area contributed by atoms with E-state index >= 15 is 0 Å². The summed E-state index contributed by atoms with van der Waals surface area (Å²) < 4.78 is 9.50. The molecule has 0 aliphatic heterocycles. The predicted molar refractivity (Wildman–Crippen MR) is 47.3 cm³/mol. The number of hydrogen-bond donors (Lipinski definition) is 0. The van der Waals surface area contributed by atoms with Crippen LogP contribution in [0.1, 0.15) is 13.8 Å². The maximum atomic E-state index is 10.9. The van der Waals surface area contributed by atoms with Crippen LogP contribution in [0.4, 0.5) is 0 Å². The summed E-state index contributed by atoms with van der Waals surface area (Å²) in [6.07, 6.45) is 1.01. The van der Waals surface area contributed by atoms with Crippen LogP contribution in [-0.2, 0) is 19.1 Å². The van der Waals surface area contributed by atoms with Crippen LogP contribution in [0.25, 0.3) is 0 Å². The lowest BCUT2D eigenvalue weighted by Gasteiger charge is -2.06. The van der Waals surface area contributed by atoms with Crippen LogP contribution in [0.5, 0.6) is 0 Å². The highest BCUT2D eigenvalue weighted by Gasteiger charge is 2.05. The smallest absolute Gasteiger partial charge is 0.330 e. The van der Waals surface area contributed by atoms with Gasteiger partial charge in [-0.3, -0.25) is 4.79 Å². The third-order valence-electron chi connectivity index (χ3n) is 1.12. The van der Waals surface area contributed by atoms with Crippen LogP contribution in [0, 0.1) is 0 Å². The van der Waals surface area contributed by atoms with Crippen molar-refractivity contribution in [3.8, 4) is 0 Å². The summed E-state index contributed by atoms with van der Waals surface area (Å²) in [4.78, 5) is 21.5. The van der Waals surface area contributed by atoms with E-state index in [-0.39, 0.29) is 25.1 Å². The van der Waals surface area contributed by atoms with E-state index in [2.05, 4.69) is 11.3 Å². The van der Waals surface area contributed by atoms with Gasteiger partial charge in [0.05, 0.1) is 6.10 Å². The Morgan fingerprint density at radius 2 is 2.00 bits per heavy atom. The van der Waals surface area contributed by atoms with E-state index in [4.69, 9.17) is 4.74 Å². The third kappa shape index (κ3) is 7.21. The maximum absolute atomic E-state index is 10.9. The number of hydrogen-bond acceptors (Lipinski definition) is 4. The monoisotopic (exact) mass is 186 g/mol. The summed E-state index contributed by atoms with van der Waals surface area (Å²) in [6, 6.07) is 0. The molecular weight excluding hydrogens is 172 g/mol. The molecule has 74 valence electrons. The van der Waals surface area contributed by atoms with Gasteiger partial charge in [-0.25, -0.2) is 4.79 Å². The highest BCUT2D eigenvalue weighted by Crippen LogP contribution is 1.89. The molecule has 0 rings (SSSR count). The van der Waals surface area contributed by atoms with Gasteiger partial charge >= 0.3 is 5.97 Å². The minimum atomic E-state index is -0.599. The first-order valence-electron chi connectivity index (χ1n) is 3.98. The standard InChI is InChI=1S/C9H14O4/c1-4-9(11)13-6-8(10)5-12-7(2)3/h4,7H,1,5-6H2,2-3H3. The Hall–Kier alpha value is -1.16. The summed E-state index contributed by atoms with van der Waals surface area (Å²) >= 11 is 0. The molecule has 4 nitrogen and oxygen atoms in total. The molecule has 0 heterocycles. The van der Waals surface area contributed by atoms with Crippen molar-refractivity contribution in [3.05, 3.63) is 12.7 Å². The van der Waals surface area contributed by atoms with Gasteiger partial charge in [0.15, 0.2) is 12.4 Å². The summed E-state index contributed by atoms with van der Waals surface area (Å²) in [5.74, 6) is -0.859. The van der Waals surface area contributed by atoms with Crippen molar-refractivity contribution in [1.29, 1.82) is 0 Å². The van der Waals surface area contributed by atoms with Crippen LogP contribution in [0.2, 0.25) is 0 Å². The van der Waals surface area contributed by atoms with E-state index in [1.165, 1.54) is 0 Å². The molecule has 0 N–H and O–H groups in total. The van der Waals surface area contributed by atoms with Crippen molar-refractivity contribution in [1.82, 2.24) is 0 Å². The van der Waals surface area contributed by atoms with Crippen molar-refractivity contribution >= 4 is 11.8 Å². The van der Waals surface area contributed by atoms with Crippen molar-refractivity contribution in [2.45, 2.75) is 20.0 Å². The summed E-state index contributed by atoms with van der Waals surface area (Å²) in [7, 11) is 0. The molecule has 0 aromatic carbocycles. The molecule has 0 aromatic rings. The maximum Gasteiger partial charge on any atom is 0.330 e. The topological polar surface area (TPSA) is 52.6 Å². The minimum Gasteiger partial charge on any atom is -0.454 e. The van der Waals surface area contributed by atoms with Gasteiger partial charge in [-0.1, -0.05) is 6.58 Å². The molecule has 0 spiro atoms. The normalized spacial score (nSPS) is 9.77. The van der Waals surface area contributed by atoms with E-state index in [0.29, 0.717) is 0 Å². The molecule has 0 aromatic heterocycles. The Labute approximate surface area is 77.5 Å². The Morgan fingerprint density at radius 3 is 2.46 bits per heavy atom. The van der Waals surface area contributed by atoms with Gasteiger partial charge < -0.3 is 9.47 Å². The minimum absolute atomic E-state index is 0.000874. The molecule has 0 amide bonds. The molecule has 0 fully saturated rings. The van der Waals surface area contributed by atoms with E-state index < -0.39 is 5.97 Å². The second-order valence-electron chi connectivity index (χ2n) is 2.71. The van der Waals surface area contributed by atoms with Gasteiger partial charge in [-0.2, -0.15) is 0 Å². The highest BCUT2D eigenvalue weighted by molar-refractivity contribution is 5.86. The number of ketones is 1. The lowest BCUT2D eigenvalue weighted by atomic mass is 10.4. The zero-order chi connectivity index (χ0) is 10.3. The summed E-state index contributed by atoms with van der Waals surface area (Å²) in [5.41, 5.74) is 0. The van der Waals surface area contributed by atoms with Crippen LogP contribution in [-0.4, -0.2) is 31.1 Å². The summed E-state index contributed by atoms with van der Waals surface area (Å²) in [5, 5.41) is 0. The lowest BCUT2D eigenvalue weighted by Crippen LogP contribution is -2.19. The van der Waals surface area contributed by atoms with Gasteiger partial charge in [0.2, 0.25) is 0 Å². The number of Topliss-reactive ketones (excluding diaryl/α,β-unsaturated/α-hetero) is 1. The number of rotatable bonds is 6. The zero-order valence-electron chi connectivity index (χ0n) is 7.91. The fourth-order valence-electron chi connectivity index (χ4n) is 0.512. The number of esters is 1. The third-order valence-corrected chi connectivity index (χ3v) is 1.12. The molecule has 0 saturated heterocycles. The van der Waals surface area contributed by atoms with Crippen molar-refractivity contribution < 1.29 is 19.1 Å². The second-order valence-corrected chi connectivity index (χ2v) is 2.71. The predicted octanol–water partition coefficient (Wildman–Crippen LogP) is 0.710. The molecule has 0 unspecified atom stereocenters. The molecule has 4 heteroatoms. The average Bonchev–Trinajstić information content (AvgIpc) is 2.10. The van der Waals surface area contributed by atoms with Gasteiger partial charge in [0.25, 0.3) is 0 Å². The lowest BCUT2D eigenvalue weighted by molar-refractivity contribution is -0.145. The first-order valence-corrected chi connectivity index (χ1v) is 3.98. The van der Waals surface area contributed by atoms with E-state index in [1.807, 2.05) is 13.8 Å². The first-order chi connectivity index (χ1) is 6.06. The number of carbonyl (C=O) groups excluding carboxylic acids is 2. The van der Waals surface area contributed by atoms with Gasteiger partial charge in [0, 0.05) is 6.08 Å². The zero-order valence-corrected chi connectivity index (χ0v) is 7.91. The summed E-state index contributed by atoms with van der Waals surface area (Å²) in [6.45, 7) is 6.56. The molecule has 0 radical (unpaired) electrons. The number of carbonyl (C=O) groups is 2. The van der Waals surface area contributed by atoms with E-state index in [0.717, 1.165) is 6.08 Å².